The molecule has 2 aromatic carbocycles. The zero-order valence-electron chi connectivity index (χ0n) is 17.7. The molecule has 1 atom stereocenters. The number of rotatable bonds is 10. The molecule has 31 heavy (non-hydrogen) atoms. The zero-order valence-corrected chi connectivity index (χ0v) is 22.3. The van der Waals surface area contributed by atoms with E-state index in [1.54, 1.807) is 21.3 Å². The van der Waals surface area contributed by atoms with Gasteiger partial charge in [0.05, 0.1) is 5.38 Å². The number of benzene rings is 2. The van der Waals surface area contributed by atoms with E-state index in [0.29, 0.717) is 18.9 Å². The Labute approximate surface area is 213 Å². The van der Waals surface area contributed by atoms with E-state index in [-0.39, 0.29) is 36.0 Å². The molecule has 0 heterocycles. The van der Waals surface area contributed by atoms with Gasteiger partial charge in [-0.15, -0.1) is 11.6 Å². The standard InChI is InChI=1S/C20H23ClF4O3SSi.Na/c1-26-30(27-2,28-3)11-10-13-6-4-12(5-7-13)8-9-14(21)15-16(22)18(24)20(29)19(25)17(15)23;/h4-7,14,29H,8-11H2,1-3H3;/q;+1/p-1. The summed E-state index contributed by atoms with van der Waals surface area (Å²) in [6, 6.07) is 8.13. The maximum absolute atomic E-state index is 14.0. The Morgan fingerprint density at radius 2 is 1.26 bits per heavy atom. The molecule has 0 N–H and O–H groups in total. The van der Waals surface area contributed by atoms with Crippen LogP contribution in [0.4, 0.5) is 17.6 Å². The second-order valence-corrected chi connectivity index (χ2v) is 10.6. The second kappa shape index (κ2) is 12.9. The van der Waals surface area contributed by atoms with Crippen LogP contribution in [0, 0.1) is 23.3 Å². The van der Waals surface area contributed by atoms with Crippen molar-refractivity contribution in [3.63, 3.8) is 0 Å². The van der Waals surface area contributed by atoms with E-state index in [1.807, 2.05) is 24.3 Å². The Morgan fingerprint density at radius 1 is 0.839 bits per heavy atom. The molecule has 11 heteroatoms. The third kappa shape index (κ3) is 6.88. The fraction of sp³-hybridized carbons (Fsp3) is 0.400. The van der Waals surface area contributed by atoms with Gasteiger partial charge in [-0.2, -0.15) is 0 Å². The van der Waals surface area contributed by atoms with Crippen molar-refractivity contribution in [1.82, 2.24) is 0 Å². The zero-order chi connectivity index (χ0) is 22.5. The monoisotopic (exact) mass is 504 g/mol. The van der Waals surface area contributed by atoms with Gasteiger partial charge in [0.25, 0.3) is 0 Å². The van der Waals surface area contributed by atoms with Gasteiger partial charge in [-0.3, -0.25) is 0 Å². The van der Waals surface area contributed by atoms with Crippen LogP contribution in [-0.4, -0.2) is 30.1 Å². The number of hydrogen-bond acceptors (Lipinski definition) is 4. The van der Waals surface area contributed by atoms with Crippen LogP contribution in [0.25, 0.3) is 0 Å². The van der Waals surface area contributed by atoms with Gasteiger partial charge in [-0.25, -0.2) is 17.6 Å². The molecule has 0 aliphatic rings. The molecular weight excluding hydrogens is 483 g/mol. The molecule has 1 unspecified atom stereocenters. The van der Waals surface area contributed by atoms with E-state index in [2.05, 4.69) is 12.6 Å². The first-order chi connectivity index (χ1) is 14.2. The van der Waals surface area contributed by atoms with Gasteiger partial charge in [0, 0.05) is 32.9 Å². The quantitative estimate of drug-likeness (QED) is 0.163. The largest absolute Gasteiger partial charge is 1.00 e. The van der Waals surface area contributed by atoms with Gasteiger partial charge in [-0.1, -0.05) is 29.2 Å². The molecule has 0 aliphatic heterocycles. The minimum absolute atomic E-state index is 0. The smallest absolute Gasteiger partial charge is 0.774 e. The van der Waals surface area contributed by atoms with Crippen LogP contribution in [0.2, 0.25) is 6.04 Å². The molecular formula is C20H22ClF4NaO3SSi. The van der Waals surface area contributed by atoms with Gasteiger partial charge in [-0.05, 0) is 30.4 Å². The molecule has 0 aliphatic carbocycles. The minimum Gasteiger partial charge on any atom is -0.774 e. The van der Waals surface area contributed by atoms with Crippen molar-refractivity contribution < 1.29 is 60.4 Å². The Bertz CT molecular complexity index is 835. The molecule has 0 radical (unpaired) electrons. The summed E-state index contributed by atoms with van der Waals surface area (Å²) in [5.74, 6) is -6.29. The van der Waals surface area contributed by atoms with Gasteiger partial charge in [0.2, 0.25) is 0 Å². The molecule has 3 nitrogen and oxygen atoms in total. The first-order valence-corrected chi connectivity index (χ1v) is 11.9. The van der Waals surface area contributed by atoms with Crippen molar-refractivity contribution in [2.45, 2.75) is 35.6 Å². The Hall–Kier alpha value is -0.233. The minimum atomic E-state index is -2.66. The average molecular weight is 505 g/mol. The first kappa shape index (κ1) is 28.8. The van der Waals surface area contributed by atoms with Gasteiger partial charge in [0.15, 0.2) is 11.6 Å². The third-order valence-corrected chi connectivity index (χ3v) is 8.46. The molecule has 0 aromatic heterocycles. The molecule has 0 bridgehead atoms. The first-order valence-electron chi connectivity index (χ1n) is 9.09. The molecule has 0 fully saturated rings. The van der Waals surface area contributed by atoms with Gasteiger partial charge in [0.1, 0.15) is 11.6 Å². The van der Waals surface area contributed by atoms with Crippen molar-refractivity contribution in [3.8, 4) is 0 Å². The second-order valence-electron chi connectivity index (χ2n) is 6.62. The summed E-state index contributed by atoms with van der Waals surface area (Å²) in [7, 11) is 1.99. The van der Waals surface area contributed by atoms with Crippen LogP contribution in [0.15, 0.2) is 29.2 Å². The summed E-state index contributed by atoms with van der Waals surface area (Å²) in [6.45, 7) is 0. The van der Waals surface area contributed by atoms with Crippen molar-refractivity contribution in [1.29, 1.82) is 0 Å². The SMILES string of the molecule is CO[Si](CCc1ccc(CCC(Cl)c2c(F)c(F)c([S-])c(F)c2F)cc1)(OC)OC.[Na+]. The number of halogens is 5. The van der Waals surface area contributed by atoms with Crippen molar-refractivity contribution in [3.05, 3.63) is 64.2 Å². The summed E-state index contributed by atoms with van der Waals surface area (Å²) in [4.78, 5) is -1.12. The van der Waals surface area contributed by atoms with E-state index < -0.39 is 47.9 Å². The van der Waals surface area contributed by atoms with E-state index in [0.717, 1.165) is 11.1 Å². The van der Waals surface area contributed by atoms with E-state index >= 15 is 0 Å². The number of hydrogen-bond donors (Lipinski definition) is 0. The van der Waals surface area contributed by atoms with Crippen LogP contribution in [0.3, 0.4) is 0 Å². The van der Waals surface area contributed by atoms with E-state index in [1.165, 1.54) is 0 Å². The predicted octanol–water partition coefficient (Wildman–Crippen LogP) is 2.49. The summed E-state index contributed by atoms with van der Waals surface area (Å²) in [5, 5.41) is -1.25. The van der Waals surface area contributed by atoms with E-state index in [9.17, 15) is 17.6 Å². The van der Waals surface area contributed by atoms with Crippen molar-refractivity contribution in [2.24, 2.45) is 0 Å². The van der Waals surface area contributed by atoms with Crippen LogP contribution in [0.1, 0.15) is 28.5 Å². The topological polar surface area (TPSA) is 27.7 Å². The van der Waals surface area contributed by atoms with Crippen LogP contribution in [0.5, 0.6) is 0 Å². The van der Waals surface area contributed by atoms with Crippen LogP contribution in [-0.2, 0) is 38.7 Å². The molecule has 0 saturated carbocycles. The summed E-state index contributed by atoms with van der Waals surface area (Å²) in [6.07, 6.45) is 1.12. The predicted molar refractivity (Wildman–Crippen MR) is 111 cm³/mol. The Morgan fingerprint density at radius 3 is 1.68 bits per heavy atom. The third-order valence-electron chi connectivity index (χ3n) is 4.93. The summed E-state index contributed by atoms with van der Waals surface area (Å²) in [5.41, 5.74) is 1.06. The fourth-order valence-corrected chi connectivity index (χ4v) is 5.25. The maximum Gasteiger partial charge on any atom is 1.00 e. The number of alkyl halides is 1. The van der Waals surface area contributed by atoms with E-state index in [4.69, 9.17) is 24.9 Å². The van der Waals surface area contributed by atoms with Gasteiger partial charge >= 0.3 is 38.4 Å². The van der Waals surface area contributed by atoms with Crippen LogP contribution >= 0.6 is 11.6 Å². The van der Waals surface area contributed by atoms with Crippen molar-refractivity contribution >= 4 is 33.0 Å². The Kier molecular flexibility index (Phi) is 11.9. The molecule has 0 saturated heterocycles. The van der Waals surface area contributed by atoms with Crippen molar-refractivity contribution in [2.75, 3.05) is 21.3 Å². The molecule has 2 rings (SSSR count). The van der Waals surface area contributed by atoms with Gasteiger partial charge < -0.3 is 25.9 Å². The molecule has 166 valence electrons. The molecule has 0 spiro atoms. The normalized spacial score (nSPS) is 12.5. The molecule has 0 amide bonds. The summed E-state index contributed by atoms with van der Waals surface area (Å²) >= 11 is 10.4. The number of aryl methyl sites for hydroxylation is 2. The Balaban J connectivity index is 0.00000480. The fourth-order valence-electron chi connectivity index (χ4n) is 3.07. The molecule has 2 aromatic rings. The summed E-state index contributed by atoms with van der Waals surface area (Å²) < 4.78 is 71.6. The average Bonchev–Trinajstić information content (AvgIpc) is 2.77. The van der Waals surface area contributed by atoms with Crippen LogP contribution < -0.4 is 29.6 Å². The maximum atomic E-state index is 14.0.